The number of aromatic carboxylic acids is 1. The smallest absolute Gasteiger partial charge is 0.338 e. The molecule has 1 rings (SSSR count). The summed E-state index contributed by atoms with van der Waals surface area (Å²) in [6, 6.07) is 1.83. The summed E-state index contributed by atoms with van der Waals surface area (Å²) in [5.74, 6) is -0.305. The van der Waals surface area contributed by atoms with Crippen LogP contribution in [-0.2, 0) is 11.3 Å². The number of carbonyl (C=O) groups is 1. The molecule has 96 valence electrons. The minimum absolute atomic E-state index is 0.190. The summed E-state index contributed by atoms with van der Waals surface area (Å²) >= 11 is 0. The summed E-state index contributed by atoms with van der Waals surface area (Å²) in [5.41, 5.74) is 0.190. The number of carboxylic acids is 1. The van der Waals surface area contributed by atoms with Crippen molar-refractivity contribution >= 4 is 5.97 Å². The Hall–Kier alpha value is -1.33. The molecule has 1 N–H and O–H groups in total. The fourth-order valence-electron chi connectivity index (χ4n) is 1.70. The second-order valence-corrected chi connectivity index (χ2v) is 3.97. The van der Waals surface area contributed by atoms with E-state index in [2.05, 4.69) is 11.8 Å². The molecule has 1 unspecified atom stereocenters. The largest absolute Gasteiger partial charge is 0.478 e. The molecule has 5 nitrogen and oxygen atoms in total. The van der Waals surface area contributed by atoms with Gasteiger partial charge >= 0.3 is 5.97 Å². The summed E-state index contributed by atoms with van der Waals surface area (Å²) in [5, 5.41) is 8.79. The zero-order chi connectivity index (χ0) is 12.8. The third-order valence-electron chi connectivity index (χ3n) is 2.70. The number of rotatable bonds is 7. The number of carboxylic acid groups (broad SMARTS) is 1. The van der Waals surface area contributed by atoms with Gasteiger partial charge in [0.25, 0.3) is 0 Å². The van der Waals surface area contributed by atoms with Crippen LogP contribution >= 0.6 is 0 Å². The van der Waals surface area contributed by atoms with Gasteiger partial charge in [0.15, 0.2) is 0 Å². The summed E-state index contributed by atoms with van der Waals surface area (Å²) in [6.07, 6.45) is 1.27. The van der Waals surface area contributed by atoms with Crippen molar-refractivity contribution in [2.45, 2.75) is 26.4 Å². The van der Waals surface area contributed by atoms with Crippen LogP contribution in [0.25, 0.3) is 0 Å². The van der Waals surface area contributed by atoms with Crippen LogP contribution in [0.3, 0.4) is 0 Å². The second kappa shape index (κ2) is 6.42. The first-order valence-corrected chi connectivity index (χ1v) is 5.62. The first-order valence-electron chi connectivity index (χ1n) is 5.62. The van der Waals surface area contributed by atoms with Crippen LogP contribution in [0.5, 0.6) is 0 Å². The third kappa shape index (κ3) is 3.87. The summed E-state index contributed by atoms with van der Waals surface area (Å²) < 4.78 is 10.3. The fourth-order valence-corrected chi connectivity index (χ4v) is 1.70. The summed E-state index contributed by atoms with van der Waals surface area (Å²) in [4.78, 5) is 12.9. The zero-order valence-electron chi connectivity index (χ0n) is 10.5. The maximum Gasteiger partial charge on any atom is 0.338 e. The molecule has 0 aliphatic heterocycles. The number of nitrogens with zero attached hydrogens (tertiary/aromatic N) is 1. The topological polar surface area (TPSA) is 62.9 Å². The van der Waals surface area contributed by atoms with E-state index in [1.807, 2.05) is 6.92 Å². The van der Waals surface area contributed by atoms with Gasteiger partial charge in [0.2, 0.25) is 0 Å². The van der Waals surface area contributed by atoms with E-state index in [1.165, 1.54) is 6.26 Å². The van der Waals surface area contributed by atoms with Crippen molar-refractivity contribution in [2.24, 2.45) is 0 Å². The molecule has 0 amide bonds. The molecule has 0 saturated heterocycles. The molecular formula is C12H19NO4. The maximum absolute atomic E-state index is 10.7. The fraction of sp³-hybridized carbons (Fsp3) is 0.583. The molecular weight excluding hydrogens is 222 g/mol. The highest BCUT2D eigenvalue weighted by Gasteiger charge is 2.15. The van der Waals surface area contributed by atoms with Gasteiger partial charge in [-0.25, -0.2) is 4.79 Å². The van der Waals surface area contributed by atoms with Gasteiger partial charge in [-0.1, -0.05) is 6.92 Å². The molecule has 17 heavy (non-hydrogen) atoms. The van der Waals surface area contributed by atoms with Gasteiger partial charge in [-0.3, -0.25) is 4.90 Å². The van der Waals surface area contributed by atoms with E-state index < -0.39 is 5.97 Å². The van der Waals surface area contributed by atoms with Crippen molar-refractivity contribution < 1.29 is 19.1 Å². The predicted molar refractivity (Wildman–Crippen MR) is 63.1 cm³/mol. The molecule has 1 aromatic rings. The first-order chi connectivity index (χ1) is 8.08. The van der Waals surface area contributed by atoms with Gasteiger partial charge in [-0.05, 0) is 19.5 Å². The lowest BCUT2D eigenvalue weighted by Crippen LogP contribution is -2.35. The van der Waals surface area contributed by atoms with Crippen molar-refractivity contribution in [3.63, 3.8) is 0 Å². The SMILES string of the molecule is CCN(Cc1cc(C(=O)O)co1)C(C)COC. The monoisotopic (exact) mass is 241 g/mol. The van der Waals surface area contributed by atoms with Crippen molar-refractivity contribution in [3.05, 3.63) is 23.7 Å². The Morgan fingerprint density at radius 1 is 1.65 bits per heavy atom. The zero-order valence-corrected chi connectivity index (χ0v) is 10.5. The molecule has 0 aromatic carbocycles. The van der Waals surface area contributed by atoms with E-state index in [9.17, 15) is 4.79 Å². The summed E-state index contributed by atoms with van der Waals surface area (Å²) in [7, 11) is 1.67. The molecule has 5 heteroatoms. The van der Waals surface area contributed by atoms with Crippen LogP contribution in [0.1, 0.15) is 30.0 Å². The van der Waals surface area contributed by atoms with Crippen molar-refractivity contribution in [1.29, 1.82) is 0 Å². The average molecular weight is 241 g/mol. The van der Waals surface area contributed by atoms with Crippen molar-refractivity contribution in [1.82, 2.24) is 4.90 Å². The molecule has 1 atom stereocenters. The Labute approximate surface area is 101 Å². The third-order valence-corrected chi connectivity index (χ3v) is 2.70. The number of hydrogen-bond acceptors (Lipinski definition) is 4. The molecule has 0 bridgehead atoms. The van der Waals surface area contributed by atoms with Crippen LogP contribution in [0.2, 0.25) is 0 Å². The Morgan fingerprint density at radius 2 is 2.35 bits per heavy atom. The molecule has 0 saturated carbocycles. The van der Waals surface area contributed by atoms with Gasteiger partial charge in [-0.2, -0.15) is 0 Å². The van der Waals surface area contributed by atoms with Crippen LogP contribution in [0.15, 0.2) is 16.7 Å². The predicted octanol–water partition coefficient (Wildman–Crippen LogP) is 1.83. The van der Waals surface area contributed by atoms with E-state index in [4.69, 9.17) is 14.3 Å². The van der Waals surface area contributed by atoms with Crippen LogP contribution < -0.4 is 0 Å². The Balaban J connectivity index is 2.63. The normalized spacial score (nSPS) is 12.9. The minimum atomic E-state index is -0.965. The maximum atomic E-state index is 10.7. The summed E-state index contributed by atoms with van der Waals surface area (Å²) in [6.45, 7) is 6.20. The molecule has 1 aromatic heterocycles. The van der Waals surface area contributed by atoms with Crippen LogP contribution in [0.4, 0.5) is 0 Å². The van der Waals surface area contributed by atoms with Crippen molar-refractivity contribution in [3.8, 4) is 0 Å². The van der Waals surface area contributed by atoms with Gasteiger partial charge in [0, 0.05) is 13.2 Å². The van der Waals surface area contributed by atoms with E-state index in [0.717, 1.165) is 6.54 Å². The number of likely N-dealkylation sites (N-methyl/N-ethyl adjacent to an activating group) is 1. The number of furan rings is 1. The molecule has 0 radical (unpaired) electrons. The van der Waals surface area contributed by atoms with Gasteiger partial charge in [-0.15, -0.1) is 0 Å². The minimum Gasteiger partial charge on any atom is -0.478 e. The lowest BCUT2D eigenvalue weighted by molar-refractivity contribution is 0.0696. The van der Waals surface area contributed by atoms with Crippen LogP contribution in [0, 0.1) is 0 Å². The highest BCUT2D eigenvalue weighted by Crippen LogP contribution is 2.12. The Morgan fingerprint density at radius 3 is 2.82 bits per heavy atom. The van der Waals surface area contributed by atoms with E-state index in [-0.39, 0.29) is 11.6 Å². The number of ether oxygens (including phenoxy) is 1. The Kier molecular flexibility index (Phi) is 5.18. The van der Waals surface area contributed by atoms with Gasteiger partial charge in [0.1, 0.15) is 12.0 Å². The second-order valence-electron chi connectivity index (χ2n) is 3.97. The lowest BCUT2D eigenvalue weighted by atomic mass is 10.2. The highest BCUT2D eigenvalue weighted by atomic mass is 16.5. The molecule has 0 spiro atoms. The Bertz CT molecular complexity index is 361. The van der Waals surface area contributed by atoms with Gasteiger partial charge < -0.3 is 14.3 Å². The van der Waals surface area contributed by atoms with E-state index in [0.29, 0.717) is 18.9 Å². The quantitative estimate of drug-likeness (QED) is 0.789. The standard InChI is InChI=1S/C12H19NO4/c1-4-13(9(2)7-16-3)6-11-5-10(8-17-11)12(14)15/h5,8-9H,4,6-7H2,1-3H3,(H,14,15). The van der Waals surface area contributed by atoms with Crippen LogP contribution in [-0.4, -0.2) is 42.3 Å². The molecule has 1 heterocycles. The molecule has 0 aliphatic carbocycles. The molecule has 0 aliphatic rings. The first kappa shape index (κ1) is 13.7. The molecule has 0 fully saturated rings. The average Bonchev–Trinajstić information content (AvgIpc) is 2.74. The highest BCUT2D eigenvalue weighted by molar-refractivity contribution is 5.87. The number of hydrogen-bond donors (Lipinski definition) is 1. The van der Waals surface area contributed by atoms with Gasteiger partial charge in [0.05, 0.1) is 18.7 Å². The van der Waals surface area contributed by atoms with E-state index in [1.54, 1.807) is 13.2 Å². The van der Waals surface area contributed by atoms with E-state index >= 15 is 0 Å². The number of methoxy groups -OCH3 is 1. The van der Waals surface area contributed by atoms with Crippen molar-refractivity contribution in [2.75, 3.05) is 20.3 Å². The lowest BCUT2D eigenvalue weighted by Gasteiger charge is -2.26.